The maximum Gasteiger partial charge on any atom is 0.223 e. The topological polar surface area (TPSA) is 50.2 Å². The summed E-state index contributed by atoms with van der Waals surface area (Å²) in [5.41, 5.74) is 6.30. The van der Waals surface area contributed by atoms with Crippen molar-refractivity contribution >= 4 is 5.91 Å². The molecule has 2 aliphatic rings. The SMILES string of the molecule is Cc1ccc(CN2CCn3nc(CNC(=O)C4CCCC4)cc3C2)cc1C. The van der Waals surface area contributed by atoms with Gasteiger partial charge in [-0.25, -0.2) is 0 Å². The van der Waals surface area contributed by atoms with Crippen LogP contribution in [0.2, 0.25) is 0 Å². The number of aryl methyl sites for hydroxylation is 2. The smallest absolute Gasteiger partial charge is 0.223 e. The van der Waals surface area contributed by atoms with Crippen LogP contribution in [-0.4, -0.2) is 27.1 Å². The molecule has 1 aliphatic carbocycles. The van der Waals surface area contributed by atoms with E-state index in [1.165, 1.54) is 35.2 Å². The molecule has 0 radical (unpaired) electrons. The lowest BCUT2D eigenvalue weighted by Gasteiger charge is -2.27. The minimum atomic E-state index is 0.204. The zero-order valence-corrected chi connectivity index (χ0v) is 16.5. The number of benzene rings is 1. The maximum absolute atomic E-state index is 12.2. The van der Waals surface area contributed by atoms with Gasteiger partial charge < -0.3 is 5.32 Å². The van der Waals surface area contributed by atoms with Gasteiger partial charge in [0.05, 0.1) is 24.5 Å². The van der Waals surface area contributed by atoms with Crippen molar-refractivity contribution in [1.82, 2.24) is 20.0 Å². The Balaban J connectivity index is 1.34. The van der Waals surface area contributed by atoms with Gasteiger partial charge in [0.15, 0.2) is 0 Å². The first-order valence-electron chi connectivity index (χ1n) is 10.2. The molecule has 5 heteroatoms. The fraction of sp³-hybridized carbons (Fsp3) is 0.545. The van der Waals surface area contributed by atoms with Crippen molar-refractivity contribution in [1.29, 1.82) is 0 Å². The zero-order valence-electron chi connectivity index (χ0n) is 16.5. The second kappa shape index (κ2) is 7.85. The third-order valence-corrected chi connectivity index (χ3v) is 6.07. The molecule has 4 rings (SSSR count). The van der Waals surface area contributed by atoms with E-state index in [1.807, 2.05) is 0 Å². The first-order chi connectivity index (χ1) is 13.1. The van der Waals surface area contributed by atoms with Crippen LogP contribution in [0.4, 0.5) is 0 Å². The number of nitrogens with one attached hydrogen (secondary N) is 1. The van der Waals surface area contributed by atoms with Crippen molar-refractivity contribution in [2.24, 2.45) is 5.92 Å². The van der Waals surface area contributed by atoms with Gasteiger partial charge >= 0.3 is 0 Å². The molecule has 1 aromatic heterocycles. The second-order valence-corrected chi connectivity index (χ2v) is 8.18. The molecule has 1 amide bonds. The van der Waals surface area contributed by atoms with Crippen molar-refractivity contribution in [2.75, 3.05) is 6.54 Å². The van der Waals surface area contributed by atoms with Crippen LogP contribution in [-0.2, 0) is 31.0 Å². The van der Waals surface area contributed by atoms with E-state index in [-0.39, 0.29) is 11.8 Å². The largest absolute Gasteiger partial charge is 0.350 e. The molecule has 0 spiro atoms. The summed E-state index contributed by atoms with van der Waals surface area (Å²) < 4.78 is 2.11. The van der Waals surface area contributed by atoms with Gasteiger partial charge in [-0.15, -0.1) is 0 Å². The lowest BCUT2D eigenvalue weighted by Crippen LogP contribution is -2.33. The third kappa shape index (κ3) is 4.24. The standard InChI is InChI=1S/C22H30N4O/c1-16-7-8-18(11-17(16)2)14-25-9-10-26-21(15-25)12-20(24-26)13-23-22(27)19-5-3-4-6-19/h7-8,11-12,19H,3-6,9-10,13-15H2,1-2H3,(H,23,27). The first-order valence-corrected chi connectivity index (χ1v) is 10.2. The number of aromatic nitrogens is 2. The molecule has 144 valence electrons. The van der Waals surface area contributed by atoms with E-state index in [4.69, 9.17) is 5.10 Å². The average molecular weight is 367 g/mol. The van der Waals surface area contributed by atoms with Crippen LogP contribution in [0.25, 0.3) is 0 Å². The van der Waals surface area contributed by atoms with Gasteiger partial charge in [0.25, 0.3) is 0 Å². The number of fused-ring (bicyclic) bond motifs is 1. The van der Waals surface area contributed by atoms with Gasteiger partial charge in [-0.05, 0) is 49.4 Å². The monoisotopic (exact) mass is 366 g/mol. The number of hydrogen-bond acceptors (Lipinski definition) is 3. The predicted octanol–water partition coefficient (Wildman–Crippen LogP) is 3.32. The lowest BCUT2D eigenvalue weighted by molar-refractivity contribution is -0.124. The maximum atomic E-state index is 12.2. The van der Waals surface area contributed by atoms with Crippen LogP contribution >= 0.6 is 0 Å². The van der Waals surface area contributed by atoms with E-state index in [2.05, 4.69) is 53.0 Å². The molecular weight excluding hydrogens is 336 g/mol. The Morgan fingerprint density at radius 1 is 1.15 bits per heavy atom. The number of amides is 1. The molecule has 2 heterocycles. The Bertz CT molecular complexity index is 820. The van der Waals surface area contributed by atoms with Crippen molar-refractivity contribution in [3.05, 3.63) is 52.3 Å². The Labute approximate surface area is 161 Å². The van der Waals surface area contributed by atoms with Crippen LogP contribution in [0, 0.1) is 19.8 Å². The predicted molar refractivity (Wildman–Crippen MR) is 106 cm³/mol. The number of carbonyl (C=O) groups is 1. The molecule has 0 unspecified atom stereocenters. The summed E-state index contributed by atoms with van der Waals surface area (Å²) in [7, 11) is 0. The highest BCUT2D eigenvalue weighted by Crippen LogP contribution is 2.25. The van der Waals surface area contributed by atoms with Gasteiger partial charge in [0.1, 0.15) is 0 Å². The Hall–Kier alpha value is -2.14. The van der Waals surface area contributed by atoms with Gasteiger partial charge in [-0.1, -0.05) is 31.0 Å². The first kappa shape index (κ1) is 18.2. The van der Waals surface area contributed by atoms with Gasteiger partial charge in [0, 0.05) is 25.6 Å². The molecule has 0 atom stereocenters. The van der Waals surface area contributed by atoms with E-state index in [0.29, 0.717) is 6.54 Å². The molecule has 1 aliphatic heterocycles. The third-order valence-electron chi connectivity index (χ3n) is 6.07. The molecule has 1 fully saturated rings. The van der Waals surface area contributed by atoms with Crippen molar-refractivity contribution < 1.29 is 4.79 Å². The lowest BCUT2D eigenvalue weighted by atomic mass is 10.1. The van der Waals surface area contributed by atoms with Crippen LogP contribution in [0.15, 0.2) is 24.3 Å². The Morgan fingerprint density at radius 3 is 2.74 bits per heavy atom. The summed E-state index contributed by atoms with van der Waals surface area (Å²) >= 11 is 0. The summed E-state index contributed by atoms with van der Waals surface area (Å²) in [6.07, 6.45) is 4.46. The Kier molecular flexibility index (Phi) is 5.30. The van der Waals surface area contributed by atoms with Crippen LogP contribution in [0.3, 0.4) is 0 Å². The summed E-state index contributed by atoms with van der Waals surface area (Å²) in [4.78, 5) is 14.7. The van der Waals surface area contributed by atoms with Gasteiger partial charge in [-0.3, -0.25) is 14.4 Å². The summed E-state index contributed by atoms with van der Waals surface area (Å²) in [5, 5.41) is 7.78. The Morgan fingerprint density at radius 2 is 1.96 bits per heavy atom. The molecule has 1 N–H and O–H groups in total. The van der Waals surface area contributed by atoms with E-state index in [9.17, 15) is 4.79 Å². The van der Waals surface area contributed by atoms with Crippen LogP contribution in [0.5, 0.6) is 0 Å². The van der Waals surface area contributed by atoms with Gasteiger partial charge in [-0.2, -0.15) is 5.10 Å². The van der Waals surface area contributed by atoms with Crippen molar-refractivity contribution in [2.45, 2.75) is 65.7 Å². The van der Waals surface area contributed by atoms with Crippen LogP contribution in [0.1, 0.15) is 53.8 Å². The molecule has 1 aromatic carbocycles. The number of nitrogens with zero attached hydrogens (tertiary/aromatic N) is 3. The highest BCUT2D eigenvalue weighted by atomic mass is 16.1. The molecular formula is C22H30N4O. The molecule has 5 nitrogen and oxygen atoms in total. The minimum absolute atomic E-state index is 0.204. The fourth-order valence-electron chi connectivity index (χ4n) is 4.27. The highest BCUT2D eigenvalue weighted by Gasteiger charge is 2.23. The molecule has 2 aromatic rings. The average Bonchev–Trinajstić information content (AvgIpc) is 3.32. The van der Waals surface area contributed by atoms with Gasteiger partial charge in [0.2, 0.25) is 5.91 Å². The van der Waals surface area contributed by atoms with E-state index in [0.717, 1.165) is 44.7 Å². The molecule has 1 saturated carbocycles. The number of hydrogen-bond donors (Lipinski definition) is 1. The van der Waals surface area contributed by atoms with Crippen molar-refractivity contribution in [3.63, 3.8) is 0 Å². The normalized spacial score (nSPS) is 17.9. The quantitative estimate of drug-likeness (QED) is 0.883. The van der Waals surface area contributed by atoms with E-state index >= 15 is 0 Å². The number of rotatable bonds is 5. The second-order valence-electron chi connectivity index (χ2n) is 8.18. The highest BCUT2D eigenvalue weighted by molar-refractivity contribution is 5.78. The number of carbonyl (C=O) groups excluding carboxylic acids is 1. The molecule has 0 bridgehead atoms. The van der Waals surface area contributed by atoms with Crippen molar-refractivity contribution in [3.8, 4) is 0 Å². The fourth-order valence-corrected chi connectivity index (χ4v) is 4.27. The zero-order chi connectivity index (χ0) is 18.8. The summed E-state index contributed by atoms with van der Waals surface area (Å²) in [5.74, 6) is 0.422. The van der Waals surface area contributed by atoms with Crippen LogP contribution < -0.4 is 5.32 Å². The molecule has 27 heavy (non-hydrogen) atoms. The molecule has 0 saturated heterocycles. The summed E-state index contributed by atoms with van der Waals surface area (Å²) in [6.45, 7) is 8.69. The van der Waals surface area contributed by atoms with E-state index in [1.54, 1.807) is 0 Å². The van der Waals surface area contributed by atoms with E-state index < -0.39 is 0 Å². The minimum Gasteiger partial charge on any atom is -0.350 e. The summed E-state index contributed by atoms with van der Waals surface area (Å²) in [6, 6.07) is 8.90.